The number of rotatable bonds is 12. The van der Waals surface area contributed by atoms with Crippen molar-refractivity contribution < 1.29 is 38.3 Å². The van der Waals surface area contributed by atoms with Gasteiger partial charge in [0, 0.05) is 56.0 Å². The van der Waals surface area contributed by atoms with Crippen LogP contribution in [0.1, 0.15) is 60.1 Å². The predicted octanol–water partition coefficient (Wildman–Crippen LogP) is 8.74. The molecule has 4 aromatic carbocycles. The summed E-state index contributed by atoms with van der Waals surface area (Å²) in [7, 11) is 0. The van der Waals surface area contributed by atoms with Crippen LogP contribution in [0.4, 0.5) is 0 Å². The molecule has 10 rings (SSSR count). The largest absolute Gasteiger partial charge is 0.488 e. The van der Waals surface area contributed by atoms with E-state index in [1.54, 1.807) is 0 Å². The zero-order valence-electron chi connectivity index (χ0n) is 33.9. The van der Waals surface area contributed by atoms with E-state index in [9.17, 15) is 9.59 Å². The minimum Gasteiger partial charge on any atom is -0.488 e. The number of aryl methyl sites for hydroxylation is 2. The fraction of sp³-hybridized carbons (Fsp3) is 0.333. The zero-order chi connectivity index (χ0) is 41.3. The van der Waals surface area contributed by atoms with Crippen molar-refractivity contribution in [3.05, 3.63) is 118 Å². The van der Waals surface area contributed by atoms with Crippen LogP contribution >= 0.6 is 0 Å². The molecule has 0 amide bonds. The van der Waals surface area contributed by atoms with Crippen LogP contribution in [0.25, 0.3) is 45.2 Å². The molecule has 2 fully saturated rings. The number of carboxylic acids is 2. The Morgan fingerprint density at radius 1 is 0.583 bits per heavy atom. The summed E-state index contributed by atoms with van der Waals surface area (Å²) in [6, 6.07) is 29.1. The SMILES string of the molecule is CCCc1ccc(-c2noc3c2COc2cc(CN4CC(C(=O)O)C4)ccc2-3)cc1.CCCc1ccc(-c2onc3c2COc2cc(CN4CC(C(=O)O)C4)ccc2-3)cc1. The van der Waals surface area contributed by atoms with Crippen molar-refractivity contribution in [3.63, 3.8) is 0 Å². The molecule has 0 radical (unpaired) electrons. The standard InChI is InChI=1S/2C24H24N2O4/c1-2-3-15-4-7-17(8-5-15)23-20-14-29-21-10-16(6-9-19(21)22(20)25-30-23)11-26-12-18(13-26)24(27)28;1-2-3-15-4-7-17(8-5-15)22-20-14-29-21-10-16(6-9-19(21)23(20)30-25-22)11-26-12-18(13-26)24(27)28/h2*4-10,18H,2-3,11-14H2,1H3,(H,27,28). The average Bonchev–Trinajstić information content (AvgIpc) is 3.86. The third kappa shape index (κ3) is 7.92. The van der Waals surface area contributed by atoms with Gasteiger partial charge in [-0.2, -0.15) is 0 Å². The van der Waals surface area contributed by atoms with Crippen LogP contribution < -0.4 is 9.47 Å². The monoisotopic (exact) mass is 808 g/mol. The number of ether oxygens (including phenoxy) is 2. The molecule has 6 heterocycles. The van der Waals surface area contributed by atoms with Crippen LogP contribution in [-0.4, -0.2) is 68.4 Å². The normalized spacial score (nSPS) is 15.8. The smallest absolute Gasteiger partial charge is 0.309 e. The molecule has 0 atom stereocenters. The third-order valence-corrected chi connectivity index (χ3v) is 11.9. The molecule has 0 aliphatic carbocycles. The van der Waals surface area contributed by atoms with Crippen molar-refractivity contribution in [2.45, 2.75) is 65.8 Å². The maximum atomic E-state index is 11.0. The molecule has 12 heteroatoms. The van der Waals surface area contributed by atoms with E-state index in [2.05, 4.69) is 88.6 Å². The van der Waals surface area contributed by atoms with Crippen molar-refractivity contribution in [2.75, 3.05) is 26.2 Å². The van der Waals surface area contributed by atoms with Gasteiger partial charge in [0.15, 0.2) is 11.5 Å². The fourth-order valence-electron chi connectivity index (χ4n) is 8.47. The van der Waals surface area contributed by atoms with Crippen molar-refractivity contribution in [3.8, 4) is 56.7 Å². The van der Waals surface area contributed by atoms with E-state index in [0.717, 1.165) is 118 Å². The van der Waals surface area contributed by atoms with Gasteiger partial charge in [-0.05, 0) is 59.4 Å². The molecule has 4 aliphatic rings. The van der Waals surface area contributed by atoms with Gasteiger partial charge in [-0.15, -0.1) is 0 Å². The molecule has 0 bridgehead atoms. The summed E-state index contributed by atoms with van der Waals surface area (Å²) in [5.74, 6) is 1.21. The number of benzene rings is 4. The van der Waals surface area contributed by atoms with Crippen molar-refractivity contribution in [1.82, 2.24) is 20.1 Å². The van der Waals surface area contributed by atoms with Crippen molar-refractivity contribution >= 4 is 11.9 Å². The van der Waals surface area contributed by atoms with E-state index in [-0.39, 0.29) is 11.8 Å². The Kier molecular flexibility index (Phi) is 11.0. The molecule has 2 N–H and O–H groups in total. The Hall–Kier alpha value is -6.24. The van der Waals surface area contributed by atoms with Gasteiger partial charge in [0.05, 0.1) is 28.5 Å². The van der Waals surface area contributed by atoms with Gasteiger partial charge in [0.25, 0.3) is 0 Å². The molecule has 308 valence electrons. The number of aliphatic carboxylic acids is 2. The molecule has 4 aliphatic heterocycles. The second kappa shape index (κ2) is 16.8. The topological polar surface area (TPSA) is 152 Å². The van der Waals surface area contributed by atoms with Gasteiger partial charge >= 0.3 is 11.9 Å². The van der Waals surface area contributed by atoms with E-state index in [1.165, 1.54) is 11.1 Å². The van der Waals surface area contributed by atoms with Gasteiger partial charge in [-0.3, -0.25) is 19.4 Å². The van der Waals surface area contributed by atoms with E-state index < -0.39 is 11.9 Å². The predicted molar refractivity (Wildman–Crippen MR) is 224 cm³/mol. The Balaban J connectivity index is 0.000000154. The van der Waals surface area contributed by atoms with Crippen molar-refractivity contribution in [1.29, 1.82) is 0 Å². The van der Waals surface area contributed by atoms with Crippen LogP contribution in [-0.2, 0) is 48.7 Å². The summed E-state index contributed by atoms with van der Waals surface area (Å²) in [5, 5.41) is 26.7. The molecule has 2 aromatic heterocycles. The number of carbonyl (C=O) groups is 2. The number of fused-ring (bicyclic) bond motifs is 6. The molecular formula is C48H48N4O8. The third-order valence-electron chi connectivity index (χ3n) is 11.9. The first kappa shape index (κ1) is 39.2. The van der Waals surface area contributed by atoms with E-state index in [1.807, 2.05) is 30.3 Å². The number of likely N-dealkylation sites (tertiary alicyclic amines) is 2. The Bertz CT molecular complexity index is 2340. The molecular weight excluding hydrogens is 761 g/mol. The summed E-state index contributed by atoms with van der Waals surface area (Å²) < 4.78 is 23.6. The number of aromatic nitrogens is 2. The second-order valence-electron chi connectivity index (χ2n) is 16.3. The molecule has 0 saturated carbocycles. The molecule has 60 heavy (non-hydrogen) atoms. The van der Waals surface area contributed by atoms with Crippen molar-refractivity contribution in [2.24, 2.45) is 11.8 Å². The molecule has 0 unspecified atom stereocenters. The highest BCUT2D eigenvalue weighted by Crippen LogP contribution is 2.43. The minimum absolute atomic E-state index is 0.244. The second-order valence-corrected chi connectivity index (χ2v) is 16.3. The van der Waals surface area contributed by atoms with Crippen LogP contribution in [0.2, 0.25) is 0 Å². The van der Waals surface area contributed by atoms with Gasteiger partial charge in [-0.25, -0.2) is 0 Å². The van der Waals surface area contributed by atoms with Crippen LogP contribution in [0.15, 0.2) is 94.0 Å². The van der Waals surface area contributed by atoms with E-state index >= 15 is 0 Å². The van der Waals surface area contributed by atoms with Crippen LogP contribution in [0.3, 0.4) is 0 Å². The first-order chi connectivity index (χ1) is 29.2. The summed E-state index contributed by atoms with van der Waals surface area (Å²) in [6.07, 6.45) is 4.40. The van der Waals surface area contributed by atoms with Gasteiger partial charge in [0.2, 0.25) is 0 Å². The Morgan fingerprint density at radius 3 is 1.57 bits per heavy atom. The summed E-state index contributed by atoms with van der Waals surface area (Å²) in [4.78, 5) is 26.2. The molecule has 6 aromatic rings. The summed E-state index contributed by atoms with van der Waals surface area (Å²) in [5.41, 5.74) is 12.4. The van der Waals surface area contributed by atoms with Gasteiger partial charge in [-0.1, -0.05) is 97.7 Å². The molecule has 2 saturated heterocycles. The van der Waals surface area contributed by atoms with E-state index in [0.29, 0.717) is 39.4 Å². The lowest BCUT2D eigenvalue weighted by Gasteiger charge is -2.36. The maximum absolute atomic E-state index is 11.0. The highest BCUT2D eigenvalue weighted by molar-refractivity contribution is 5.79. The van der Waals surface area contributed by atoms with Gasteiger partial charge in [0.1, 0.15) is 36.1 Å². The Labute approximate surface area is 348 Å². The first-order valence-electron chi connectivity index (χ1n) is 20.8. The highest BCUT2D eigenvalue weighted by atomic mass is 16.5. The lowest BCUT2D eigenvalue weighted by molar-refractivity contribution is -0.148. The highest BCUT2D eigenvalue weighted by Gasteiger charge is 2.34. The number of carboxylic acid groups (broad SMARTS) is 2. The first-order valence-corrected chi connectivity index (χ1v) is 20.8. The molecule has 12 nitrogen and oxygen atoms in total. The number of hydrogen-bond donors (Lipinski definition) is 2. The summed E-state index contributed by atoms with van der Waals surface area (Å²) >= 11 is 0. The fourth-order valence-corrected chi connectivity index (χ4v) is 8.47. The Morgan fingerprint density at radius 2 is 1.03 bits per heavy atom. The lowest BCUT2D eigenvalue weighted by atomic mass is 9.97. The van der Waals surface area contributed by atoms with Crippen LogP contribution in [0, 0.1) is 11.8 Å². The quantitative estimate of drug-likeness (QED) is 0.122. The van der Waals surface area contributed by atoms with E-state index in [4.69, 9.17) is 28.7 Å². The number of hydrogen-bond acceptors (Lipinski definition) is 10. The zero-order valence-corrected chi connectivity index (χ0v) is 33.9. The minimum atomic E-state index is -0.714. The number of nitrogens with zero attached hydrogens (tertiary/aromatic N) is 4. The lowest BCUT2D eigenvalue weighted by Crippen LogP contribution is -2.49. The maximum Gasteiger partial charge on any atom is 0.309 e. The van der Waals surface area contributed by atoms with Crippen LogP contribution in [0.5, 0.6) is 11.5 Å². The molecule has 0 spiro atoms. The van der Waals surface area contributed by atoms with Gasteiger partial charge < -0.3 is 28.7 Å². The summed E-state index contributed by atoms with van der Waals surface area (Å²) in [6.45, 7) is 9.04. The average molecular weight is 809 g/mol.